The van der Waals surface area contributed by atoms with E-state index in [1.807, 2.05) is 38.1 Å². The maximum atomic E-state index is 12.2. The largest absolute Gasteiger partial charge is 0.466 e. The lowest BCUT2D eigenvalue weighted by molar-refractivity contribution is 0.0938. The van der Waals surface area contributed by atoms with Crippen LogP contribution in [-0.2, 0) is 0 Å². The number of furan rings is 1. The predicted octanol–water partition coefficient (Wildman–Crippen LogP) is 4.15. The van der Waals surface area contributed by atoms with Crippen LogP contribution in [0.4, 0.5) is 0 Å². The molecule has 1 aromatic heterocycles. The molecule has 4 heteroatoms. The standard InChI is InChI=1S/C15H16BrNO2/c1-9-7-14(11(3)19-9)15(18)17-10(2)12-5-4-6-13(16)8-12/h4-8,10H,1-3H3,(H,17,18)/t10-/m0/s1. The molecule has 2 aromatic rings. The zero-order valence-electron chi connectivity index (χ0n) is 11.2. The molecule has 3 nitrogen and oxygen atoms in total. The maximum absolute atomic E-state index is 12.2. The number of hydrogen-bond acceptors (Lipinski definition) is 2. The zero-order chi connectivity index (χ0) is 14.0. The van der Waals surface area contributed by atoms with Gasteiger partial charge >= 0.3 is 0 Å². The highest BCUT2D eigenvalue weighted by atomic mass is 79.9. The molecule has 2 rings (SSSR count). The lowest BCUT2D eigenvalue weighted by Crippen LogP contribution is -2.26. The van der Waals surface area contributed by atoms with Gasteiger partial charge in [-0.05, 0) is 44.5 Å². The third-order valence-corrected chi connectivity index (χ3v) is 3.48. The van der Waals surface area contributed by atoms with Crippen molar-refractivity contribution in [3.05, 3.63) is 57.5 Å². The van der Waals surface area contributed by atoms with E-state index in [1.54, 1.807) is 13.0 Å². The van der Waals surface area contributed by atoms with Gasteiger partial charge in [-0.1, -0.05) is 28.1 Å². The molecule has 0 spiro atoms. The molecular weight excluding hydrogens is 306 g/mol. The first-order chi connectivity index (χ1) is 8.97. The molecule has 0 saturated heterocycles. The van der Waals surface area contributed by atoms with Gasteiger partial charge in [-0.15, -0.1) is 0 Å². The summed E-state index contributed by atoms with van der Waals surface area (Å²) in [4.78, 5) is 12.2. The van der Waals surface area contributed by atoms with Gasteiger partial charge in [0, 0.05) is 4.47 Å². The lowest BCUT2D eigenvalue weighted by atomic mass is 10.1. The topological polar surface area (TPSA) is 42.2 Å². The summed E-state index contributed by atoms with van der Waals surface area (Å²) in [5.41, 5.74) is 1.65. The van der Waals surface area contributed by atoms with Crippen LogP contribution >= 0.6 is 15.9 Å². The summed E-state index contributed by atoms with van der Waals surface area (Å²) >= 11 is 3.43. The second kappa shape index (κ2) is 5.61. The number of halogens is 1. The highest BCUT2D eigenvalue weighted by Gasteiger charge is 2.16. The Hall–Kier alpha value is -1.55. The van der Waals surface area contributed by atoms with Crippen molar-refractivity contribution >= 4 is 21.8 Å². The Morgan fingerprint density at radius 2 is 2.05 bits per heavy atom. The summed E-state index contributed by atoms with van der Waals surface area (Å²) in [7, 11) is 0. The molecular formula is C15H16BrNO2. The molecule has 0 aliphatic carbocycles. The Kier molecular flexibility index (Phi) is 4.10. The lowest BCUT2D eigenvalue weighted by Gasteiger charge is -2.14. The summed E-state index contributed by atoms with van der Waals surface area (Å²) in [5, 5.41) is 2.97. The van der Waals surface area contributed by atoms with Gasteiger partial charge in [0.2, 0.25) is 0 Å². The summed E-state index contributed by atoms with van der Waals surface area (Å²) in [6.45, 7) is 5.59. The number of carbonyl (C=O) groups is 1. The normalized spacial score (nSPS) is 12.2. The maximum Gasteiger partial charge on any atom is 0.255 e. The molecule has 0 fully saturated rings. The van der Waals surface area contributed by atoms with Crippen molar-refractivity contribution in [2.24, 2.45) is 0 Å². The molecule has 1 N–H and O–H groups in total. The van der Waals surface area contributed by atoms with Gasteiger partial charge in [-0.2, -0.15) is 0 Å². The molecule has 100 valence electrons. The third-order valence-electron chi connectivity index (χ3n) is 2.98. The van der Waals surface area contributed by atoms with Crippen molar-refractivity contribution in [2.45, 2.75) is 26.8 Å². The van der Waals surface area contributed by atoms with Gasteiger partial charge in [0.15, 0.2) is 0 Å². The molecule has 0 aliphatic heterocycles. The first-order valence-electron chi connectivity index (χ1n) is 6.10. The van der Waals surface area contributed by atoms with Crippen molar-refractivity contribution in [1.82, 2.24) is 5.32 Å². The smallest absolute Gasteiger partial charge is 0.255 e. The van der Waals surface area contributed by atoms with E-state index in [0.29, 0.717) is 11.3 Å². The SMILES string of the molecule is Cc1cc(C(=O)N[C@@H](C)c2cccc(Br)c2)c(C)o1. The van der Waals surface area contributed by atoms with Gasteiger partial charge in [0.25, 0.3) is 5.91 Å². The van der Waals surface area contributed by atoms with E-state index >= 15 is 0 Å². The van der Waals surface area contributed by atoms with E-state index in [-0.39, 0.29) is 11.9 Å². The number of amides is 1. The summed E-state index contributed by atoms with van der Waals surface area (Å²) in [6.07, 6.45) is 0. The minimum atomic E-state index is -0.109. The Morgan fingerprint density at radius 1 is 1.32 bits per heavy atom. The Labute approximate surface area is 121 Å². The van der Waals surface area contributed by atoms with Gasteiger partial charge in [-0.3, -0.25) is 4.79 Å². The van der Waals surface area contributed by atoms with Gasteiger partial charge in [0.1, 0.15) is 11.5 Å². The molecule has 1 atom stereocenters. The van der Waals surface area contributed by atoms with Crippen molar-refractivity contribution in [3.8, 4) is 0 Å². The molecule has 19 heavy (non-hydrogen) atoms. The third kappa shape index (κ3) is 3.26. The summed E-state index contributed by atoms with van der Waals surface area (Å²) in [6, 6.07) is 9.61. The fraction of sp³-hybridized carbons (Fsp3) is 0.267. The van der Waals surface area contributed by atoms with E-state index in [1.165, 1.54) is 0 Å². The van der Waals surface area contributed by atoms with Crippen LogP contribution in [-0.4, -0.2) is 5.91 Å². The molecule has 1 heterocycles. The number of carbonyl (C=O) groups excluding carboxylic acids is 1. The van der Waals surface area contributed by atoms with Crippen LogP contribution in [0.15, 0.2) is 39.2 Å². The Morgan fingerprint density at radius 3 is 2.63 bits per heavy atom. The van der Waals surface area contributed by atoms with Crippen LogP contribution in [0.3, 0.4) is 0 Å². The predicted molar refractivity (Wildman–Crippen MR) is 78.2 cm³/mol. The number of hydrogen-bond donors (Lipinski definition) is 1. The minimum absolute atomic E-state index is 0.0559. The molecule has 0 radical (unpaired) electrons. The summed E-state index contributed by atoms with van der Waals surface area (Å²) in [5.74, 6) is 1.29. The van der Waals surface area contributed by atoms with Crippen LogP contribution in [0.25, 0.3) is 0 Å². The van der Waals surface area contributed by atoms with Gasteiger partial charge < -0.3 is 9.73 Å². The Bertz CT molecular complexity index is 604. The quantitative estimate of drug-likeness (QED) is 0.922. The number of nitrogens with one attached hydrogen (secondary N) is 1. The van der Waals surface area contributed by atoms with Gasteiger partial charge in [-0.25, -0.2) is 0 Å². The van der Waals surface area contributed by atoms with Crippen LogP contribution in [0.5, 0.6) is 0 Å². The molecule has 1 amide bonds. The molecule has 0 bridgehead atoms. The van der Waals surface area contributed by atoms with Crippen molar-refractivity contribution in [3.63, 3.8) is 0 Å². The second-order valence-electron chi connectivity index (χ2n) is 4.58. The number of aryl methyl sites for hydroxylation is 2. The van der Waals surface area contributed by atoms with Crippen LogP contribution in [0, 0.1) is 13.8 Å². The fourth-order valence-electron chi connectivity index (χ4n) is 1.99. The monoisotopic (exact) mass is 321 g/mol. The van der Waals surface area contributed by atoms with E-state index < -0.39 is 0 Å². The van der Waals surface area contributed by atoms with Crippen molar-refractivity contribution in [1.29, 1.82) is 0 Å². The fourth-order valence-corrected chi connectivity index (χ4v) is 2.41. The van der Waals surface area contributed by atoms with E-state index in [2.05, 4.69) is 21.2 Å². The number of rotatable bonds is 3. The second-order valence-corrected chi connectivity index (χ2v) is 5.49. The van der Waals surface area contributed by atoms with E-state index in [4.69, 9.17) is 4.42 Å². The highest BCUT2D eigenvalue weighted by Crippen LogP contribution is 2.19. The highest BCUT2D eigenvalue weighted by molar-refractivity contribution is 9.10. The molecule has 0 unspecified atom stereocenters. The first kappa shape index (κ1) is 13.9. The molecule has 0 saturated carbocycles. The van der Waals surface area contributed by atoms with Crippen LogP contribution in [0.2, 0.25) is 0 Å². The minimum Gasteiger partial charge on any atom is -0.466 e. The van der Waals surface area contributed by atoms with Gasteiger partial charge in [0.05, 0.1) is 11.6 Å². The van der Waals surface area contributed by atoms with Crippen LogP contribution in [0.1, 0.15) is 40.4 Å². The Balaban J connectivity index is 2.13. The van der Waals surface area contributed by atoms with Crippen molar-refractivity contribution in [2.75, 3.05) is 0 Å². The van der Waals surface area contributed by atoms with E-state index in [9.17, 15) is 4.79 Å². The van der Waals surface area contributed by atoms with Crippen molar-refractivity contribution < 1.29 is 9.21 Å². The zero-order valence-corrected chi connectivity index (χ0v) is 12.7. The molecule has 0 aliphatic rings. The van der Waals surface area contributed by atoms with E-state index in [0.717, 1.165) is 15.8 Å². The number of benzene rings is 1. The molecule has 1 aromatic carbocycles. The average molecular weight is 322 g/mol. The first-order valence-corrected chi connectivity index (χ1v) is 6.90. The summed E-state index contributed by atoms with van der Waals surface area (Å²) < 4.78 is 6.38. The van der Waals surface area contributed by atoms with Crippen LogP contribution < -0.4 is 5.32 Å². The average Bonchev–Trinajstić information content (AvgIpc) is 2.68.